The molecule has 1 aliphatic rings. The number of nitrogens with zero attached hydrogens (tertiary/aromatic N) is 1. The number of aryl methyl sites for hydroxylation is 1. The summed E-state index contributed by atoms with van der Waals surface area (Å²) in [5, 5.41) is 3.17. The van der Waals surface area contributed by atoms with Crippen LogP contribution in [0.25, 0.3) is 5.57 Å². The molecule has 4 rings (SSSR count). The molecular weight excluding hydrogens is 376 g/mol. The fraction of sp³-hybridized carbons (Fsp3) is 0.120. The van der Waals surface area contributed by atoms with E-state index in [0.29, 0.717) is 29.2 Å². The Morgan fingerprint density at radius 1 is 0.833 bits per heavy atom. The van der Waals surface area contributed by atoms with Crippen LogP contribution in [0.3, 0.4) is 0 Å². The van der Waals surface area contributed by atoms with Gasteiger partial charge >= 0.3 is 0 Å². The van der Waals surface area contributed by atoms with E-state index in [0.717, 1.165) is 11.3 Å². The van der Waals surface area contributed by atoms with Crippen molar-refractivity contribution in [3.63, 3.8) is 0 Å². The highest BCUT2D eigenvalue weighted by atomic mass is 16.5. The van der Waals surface area contributed by atoms with E-state index in [1.54, 1.807) is 18.2 Å². The van der Waals surface area contributed by atoms with Crippen molar-refractivity contribution in [3.8, 4) is 5.75 Å². The molecule has 1 heterocycles. The van der Waals surface area contributed by atoms with Crippen LogP contribution in [0.1, 0.15) is 18.1 Å². The van der Waals surface area contributed by atoms with Crippen LogP contribution in [0.2, 0.25) is 0 Å². The molecule has 150 valence electrons. The first kappa shape index (κ1) is 19.5. The Balaban J connectivity index is 1.81. The second-order valence-electron chi connectivity index (χ2n) is 6.95. The van der Waals surface area contributed by atoms with Gasteiger partial charge in [0, 0.05) is 5.69 Å². The van der Waals surface area contributed by atoms with E-state index in [-0.39, 0.29) is 11.6 Å². The summed E-state index contributed by atoms with van der Waals surface area (Å²) in [5.41, 5.74) is 3.56. The highest BCUT2D eigenvalue weighted by Crippen LogP contribution is 2.37. The molecular formula is C25H22N2O3. The summed E-state index contributed by atoms with van der Waals surface area (Å²) in [7, 11) is 0. The van der Waals surface area contributed by atoms with Gasteiger partial charge in [0.05, 0.1) is 17.9 Å². The van der Waals surface area contributed by atoms with Gasteiger partial charge in [-0.2, -0.15) is 0 Å². The maximum absolute atomic E-state index is 13.5. The van der Waals surface area contributed by atoms with Gasteiger partial charge in [0.15, 0.2) is 0 Å². The van der Waals surface area contributed by atoms with Crippen LogP contribution in [0, 0.1) is 6.92 Å². The van der Waals surface area contributed by atoms with Crippen molar-refractivity contribution >= 4 is 28.8 Å². The third-order valence-electron chi connectivity index (χ3n) is 4.87. The Morgan fingerprint density at radius 2 is 1.50 bits per heavy atom. The van der Waals surface area contributed by atoms with Crippen LogP contribution in [-0.2, 0) is 9.59 Å². The van der Waals surface area contributed by atoms with Crippen LogP contribution in [0.15, 0.2) is 84.6 Å². The summed E-state index contributed by atoms with van der Waals surface area (Å²) in [6, 6.07) is 24.0. The van der Waals surface area contributed by atoms with E-state index in [1.807, 2.05) is 74.5 Å². The average Bonchev–Trinajstić information content (AvgIpc) is 3.00. The number of para-hydroxylation sites is 2. The van der Waals surface area contributed by atoms with Crippen LogP contribution in [0.4, 0.5) is 11.4 Å². The number of carbonyl (C=O) groups excluding carboxylic acids is 2. The summed E-state index contributed by atoms with van der Waals surface area (Å²) in [4.78, 5) is 28.1. The summed E-state index contributed by atoms with van der Waals surface area (Å²) in [6.45, 7) is 4.29. The zero-order chi connectivity index (χ0) is 21.1. The fourth-order valence-corrected chi connectivity index (χ4v) is 3.44. The second-order valence-corrected chi connectivity index (χ2v) is 6.95. The molecule has 5 heteroatoms. The minimum atomic E-state index is -0.411. The molecule has 5 nitrogen and oxygen atoms in total. The Hall–Kier alpha value is -3.86. The molecule has 1 N–H and O–H groups in total. The number of anilines is 2. The number of hydrogen-bond acceptors (Lipinski definition) is 4. The molecule has 30 heavy (non-hydrogen) atoms. The number of rotatable bonds is 6. The molecule has 3 aromatic rings. The topological polar surface area (TPSA) is 58.6 Å². The quantitative estimate of drug-likeness (QED) is 0.607. The Labute approximate surface area is 175 Å². The van der Waals surface area contributed by atoms with Crippen molar-refractivity contribution in [2.75, 3.05) is 16.8 Å². The summed E-state index contributed by atoms with van der Waals surface area (Å²) in [5.74, 6) is -0.301. The monoisotopic (exact) mass is 398 g/mol. The van der Waals surface area contributed by atoms with Crippen molar-refractivity contribution in [1.29, 1.82) is 0 Å². The lowest BCUT2D eigenvalue weighted by Gasteiger charge is -2.19. The molecule has 3 aromatic carbocycles. The van der Waals surface area contributed by atoms with Crippen molar-refractivity contribution in [2.24, 2.45) is 0 Å². The molecule has 1 aliphatic heterocycles. The zero-order valence-electron chi connectivity index (χ0n) is 16.9. The van der Waals surface area contributed by atoms with Gasteiger partial charge in [-0.3, -0.25) is 9.59 Å². The van der Waals surface area contributed by atoms with E-state index in [2.05, 4.69) is 5.32 Å². The Morgan fingerprint density at radius 3 is 2.20 bits per heavy atom. The number of ether oxygens (including phenoxy) is 1. The highest BCUT2D eigenvalue weighted by Gasteiger charge is 2.41. The maximum Gasteiger partial charge on any atom is 0.282 e. The lowest BCUT2D eigenvalue weighted by molar-refractivity contribution is -0.120. The van der Waals surface area contributed by atoms with Crippen molar-refractivity contribution in [2.45, 2.75) is 13.8 Å². The minimum Gasteiger partial charge on any atom is -0.492 e. The molecule has 0 atom stereocenters. The third kappa shape index (κ3) is 3.57. The molecule has 0 bridgehead atoms. The van der Waals surface area contributed by atoms with E-state index in [1.165, 1.54) is 4.90 Å². The van der Waals surface area contributed by atoms with Gasteiger partial charge in [-0.25, -0.2) is 4.90 Å². The molecule has 0 saturated carbocycles. The van der Waals surface area contributed by atoms with E-state index in [9.17, 15) is 9.59 Å². The Bertz CT molecular complexity index is 1120. The van der Waals surface area contributed by atoms with Gasteiger partial charge in [-0.1, -0.05) is 60.2 Å². The number of carbonyl (C=O) groups is 2. The number of nitrogens with one attached hydrogen (secondary N) is 1. The van der Waals surface area contributed by atoms with Crippen molar-refractivity contribution in [1.82, 2.24) is 0 Å². The number of benzene rings is 3. The van der Waals surface area contributed by atoms with Gasteiger partial charge in [0.2, 0.25) is 0 Å². The van der Waals surface area contributed by atoms with Crippen LogP contribution in [0.5, 0.6) is 5.75 Å². The smallest absolute Gasteiger partial charge is 0.282 e. The summed E-state index contributed by atoms with van der Waals surface area (Å²) >= 11 is 0. The predicted molar refractivity (Wildman–Crippen MR) is 118 cm³/mol. The number of imide groups is 1. The second kappa shape index (κ2) is 8.25. The van der Waals surface area contributed by atoms with Gasteiger partial charge < -0.3 is 10.1 Å². The molecule has 0 aromatic heterocycles. The van der Waals surface area contributed by atoms with Crippen LogP contribution >= 0.6 is 0 Å². The van der Waals surface area contributed by atoms with Crippen LogP contribution in [-0.4, -0.2) is 18.4 Å². The van der Waals surface area contributed by atoms with Gasteiger partial charge in [0.1, 0.15) is 11.4 Å². The van der Waals surface area contributed by atoms with Crippen molar-refractivity contribution < 1.29 is 14.3 Å². The van der Waals surface area contributed by atoms with Crippen LogP contribution < -0.4 is 15.0 Å². The molecule has 0 radical (unpaired) electrons. The maximum atomic E-state index is 13.5. The van der Waals surface area contributed by atoms with Crippen molar-refractivity contribution in [3.05, 3.63) is 95.7 Å². The molecule has 0 aliphatic carbocycles. The normalized spacial score (nSPS) is 13.7. The molecule has 0 fully saturated rings. The van der Waals surface area contributed by atoms with Gasteiger partial charge in [-0.15, -0.1) is 0 Å². The van der Waals surface area contributed by atoms with E-state index in [4.69, 9.17) is 4.74 Å². The lowest BCUT2D eigenvalue weighted by atomic mass is 10.0. The molecule has 2 amide bonds. The largest absolute Gasteiger partial charge is 0.492 e. The van der Waals surface area contributed by atoms with Gasteiger partial charge in [0.25, 0.3) is 11.8 Å². The standard InChI is InChI=1S/C25H22N2O3/c1-3-30-21-12-8-7-11-20(21)27-24(28)22(18-9-5-4-6-10-18)23(25(27)29)26-19-15-13-17(2)14-16-19/h4-16,26H,3H2,1-2H3. The SMILES string of the molecule is CCOc1ccccc1N1C(=O)C(Nc2ccc(C)cc2)=C(c2ccccc2)C1=O. The number of hydrogen-bond donors (Lipinski definition) is 1. The predicted octanol–water partition coefficient (Wildman–Crippen LogP) is 4.79. The Kier molecular flexibility index (Phi) is 5.35. The number of amides is 2. The third-order valence-corrected chi connectivity index (χ3v) is 4.87. The first-order valence-electron chi connectivity index (χ1n) is 9.84. The fourth-order valence-electron chi connectivity index (χ4n) is 3.44. The molecule has 0 spiro atoms. The summed E-state index contributed by atoms with van der Waals surface area (Å²) < 4.78 is 5.67. The van der Waals surface area contributed by atoms with E-state index < -0.39 is 5.91 Å². The minimum absolute atomic E-state index is 0.251. The van der Waals surface area contributed by atoms with Gasteiger partial charge in [-0.05, 0) is 43.7 Å². The highest BCUT2D eigenvalue weighted by molar-refractivity contribution is 6.46. The summed E-state index contributed by atoms with van der Waals surface area (Å²) in [6.07, 6.45) is 0. The lowest BCUT2D eigenvalue weighted by Crippen LogP contribution is -2.32. The first-order chi connectivity index (χ1) is 14.6. The zero-order valence-corrected chi connectivity index (χ0v) is 16.9. The molecule has 0 saturated heterocycles. The first-order valence-corrected chi connectivity index (χ1v) is 9.84. The average molecular weight is 398 g/mol. The van der Waals surface area contributed by atoms with E-state index >= 15 is 0 Å². The molecule has 0 unspecified atom stereocenters.